The van der Waals surface area contributed by atoms with Gasteiger partial charge in [-0.1, -0.05) is 0 Å². The fourth-order valence-corrected chi connectivity index (χ4v) is 2.81. The quantitative estimate of drug-likeness (QED) is 0.778. The molecule has 0 saturated carbocycles. The average Bonchev–Trinajstić information content (AvgIpc) is 2.70. The van der Waals surface area contributed by atoms with Crippen LogP contribution in [0.15, 0.2) is 42.7 Å². The number of hydrogen-bond donors (Lipinski definition) is 0. The zero-order valence-corrected chi connectivity index (χ0v) is 15.6. The fraction of sp³-hybridized carbons (Fsp3) is 0.350. The molecule has 0 spiro atoms. The molecule has 2 amide bonds. The molecule has 2 heterocycles. The number of fused-ring (bicyclic) bond motifs is 1. The van der Waals surface area contributed by atoms with Gasteiger partial charge in [-0.05, 0) is 36.2 Å². The summed E-state index contributed by atoms with van der Waals surface area (Å²) in [6.45, 7) is 2.95. The molecule has 0 N–H and O–H groups in total. The second kappa shape index (κ2) is 8.53. The van der Waals surface area contributed by atoms with Crippen molar-refractivity contribution in [1.29, 1.82) is 0 Å². The zero-order valence-electron chi connectivity index (χ0n) is 15.6. The van der Waals surface area contributed by atoms with Crippen LogP contribution in [0.1, 0.15) is 12.5 Å². The predicted octanol–water partition coefficient (Wildman–Crippen LogP) is 1.91. The second-order valence-corrected chi connectivity index (χ2v) is 6.35. The second-order valence-electron chi connectivity index (χ2n) is 6.35. The van der Waals surface area contributed by atoms with E-state index in [4.69, 9.17) is 9.47 Å². The third kappa shape index (κ3) is 4.75. The maximum absolute atomic E-state index is 12.6. The predicted molar refractivity (Wildman–Crippen MR) is 101 cm³/mol. The van der Waals surface area contributed by atoms with Gasteiger partial charge in [0.25, 0.3) is 0 Å². The summed E-state index contributed by atoms with van der Waals surface area (Å²) in [5.41, 5.74) is 1.72. The molecule has 0 fully saturated rings. The van der Waals surface area contributed by atoms with Crippen LogP contribution in [0.2, 0.25) is 0 Å². The Morgan fingerprint density at radius 3 is 2.48 bits per heavy atom. The molecule has 7 nitrogen and oxygen atoms in total. The van der Waals surface area contributed by atoms with Crippen LogP contribution in [0.3, 0.4) is 0 Å². The molecular weight excluding hydrogens is 346 g/mol. The smallest absolute Gasteiger partial charge is 0.242 e. The Labute approximate surface area is 158 Å². The fourth-order valence-electron chi connectivity index (χ4n) is 2.81. The van der Waals surface area contributed by atoms with Crippen LogP contribution < -0.4 is 14.4 Å². The summed E-state index contributed by atoms with van der Waals surface area (Å²) in [5, 5.41) is 0. The van der Waals surface area contributed by atoms with Crippen LogP contribution in [0.5, 0.6) is 11.5 Å². The molecular formula is C20H23N3O4. The van der Waals surface area contributed by atoms with E-state index in [0.717, 1.165) is 12.0 Å². The number of anilines is 1. The van der Waals surface area contributed by atoms with Crippen molar-refractivity contribution >= 4 is 17.5 Å². The van der Waals surface area contributed by atoms with Crippen molar-refractivity contribution in [1.82, 2.24) is 9.88 Å². The van der Waals surface area contributed by atoms with Crippen molar-refractivity contribution in [2.24, 2.45) is 0 Å². The van der Waals surface area contributed by atoms with E-state index in [9.17, 15) is 9.59 Å². The SMILES string of the molecule is CC(=O)N(CC(=O)N(C)CCc1ccncc1)c1ccc2c(c1)OCCO2. The van der Waals surface area contributed by atoms with Crippen LogP contribution in [0.4, 0.5) is 5.69 Å². The highest BCUT2D eigenvalue weighted by Crippen LogP contribution is 2.34. The number of ether oxygens (including phenoxy) is 2. The highest BCUT2D eigenvalue weighted by molar-refractivity contribution is 5.97. The van der Waals surface area contributed by atoms with Gasteiger partial charge in [0.15, 0.2) is 11.5 Å². The van der Waals surface area contributed by atoms with Gasteiger partial charge in [0, 0.05) is 44.7 Å². The number of nitrogens with zero attached hydrogens (tertiary/aromatic N) is 3. The van der Waals surface area contributed by atoms with E-state index in [1.165, 1.54) is 11.8 Å². The lowest BCUT2D eigenvalue weighted by Gasteiger charge is -2.26. The van der Waals surface area contributed by atoms with Gasteiger partial charge in [-0.3, -0.25) is 14.6 Å². The minimum Gasteiger partial charge on any atom is -0.486 e. The van der Waals surface area contributed by atoms with Crippen molar-refractivity contribution in [3.8, 4) is 11.5 Å². The molecule has 3 rings (SSSR count). The van der Waals surface area contributed by atoms with E-state index in [2.05, 4.69) is 4.98 Å². The largest absolute Gasteiger partial charge is 0.486 e. The van der Waals surface area contributed by atoms with E-state index in [-0.39, 0.29) is 18.4 Å². The normalized spacial score (nSPS) is 12.4. The first kappa shape index (κ1) is 18.7. The highest BCUT2D eigenvalue weighted by atomic mass is 16.6. The number of likely N-dealkylation sites (N-methyl/N-ethyl adjacent to an activating group) is 1. The van der Waals surface area contributed by atoms with Crippen LogP contribution >= 0.6 is 0 Å². The Morgan fingerprint density at radius 2 is 1.78 bits per heavy atom. The standard InChI is InChI=1S/C20H23N3O4/c1-15(24)23(17-3-4-18-19(13-17)27-12-11-26-18)14-20(25)22(2)10-7-16-5-8-21-9-6-16/h3-6,8-9,13H,7,10-12,14H2,1-2H3. The van der Waals surface area contributed by atoms with Crippen molar-refractivity contribution in [3.05, 3.63) is 48.3 Å². The van der Waals surface area contributed by atoms with E-state index in [1.54, 1.807) is 42.5 Å². The molecule has 0 radical (unpaired) electrons. The van der Waals surface area contributed by atoms with Gasteiger partial charge >= 0.3 is 0 Å². The summed E-state index contributed by atoms with van der Waals surface area (Å²) in [4.78, 5) is 31.8. The lowest BCUT2D eigenvalue weighted by Crippen LogP contribution is -2.41. The maximum atomic E-state index is 12.6. The van der Waals surface area contributed by atoms with Gasteiger partial charge in [-0.2, -0.15) is 0 Å². The molecule has 1 aromatic carbocycles. The van der Waals surface area contributed by atoms with Crippen LogP contribution in [0.25, 0.3) is 0 Å². The first-order valence-corrected chi connectivity index (χ1v) is 8.85. The number of aromatic nitrogens is 1. The Kier molecular flexibility index (Phi) is 5.90. The minimum absolute atomic E-state index is 0.0260. The molecule has 7 heteroatoms. The first-order valence-electron chi connectivity index (χ1n) is 8.85. The number of pyridine rings is 1. The summed E-state index contributed by atoms with van der Waals surface area (Å²) >= 11 is 0. The Morgan fingerprint density at radius 1 is 1.07 bits per heavy atom. The van der Waals surface area contributed by atoms with E-state index >= 15 is 0 Å². The van der Waals surface area contributed by atoms with Gasteiger partial charge in [-0.15, -0.1) is 0 Å². The Bertz CT molecular complexity index is 810. The molecule has 0 saturated heterocycles. The molecule has 0 aliphatic carbocycles. The molecule has 1 aromatic heterocycles. The van der Waals surface area contributed by atoms with Gasteiger partial charge in [0.2, 0.25) is 11.8 Å². The number of rotatable bonds is 6. The van der Waals surface area contributed by atoms with Gasteiger partial charge < -0.3 is 19.3 Å². The molecule has 1 aliphatic heterocycles. The number of carbonyl (C=O) groups excluding carboxylic acids is 2. The van der Waals surface area contributed by atoms with Crippen molar-refractivity contribution in [2.75, 3.05) is 38.3 Å². The summed E-state index contributed by atoms with van der Waals surface area (Å²) in [6.07, 6.45) is 4.20. The molecule has 2 aromatic rings. The molecule has 0 unspecified atom stereocenters. The lowest BCUT2D eigenvalue weighted by atomic mass is 10.2. The molecule has 27 heavy (non-hydrogen) atoms. The summed E-state index contributed by atoms with van der Waals surface area (Å²) in [7, 11) is 1.74. The zero-order chi connectivity index (χ0) is 19.2. The third-order valence-corrected chi connectivity index (χ3v) is 4.42. The molecule has 142 valence electrons. The van der Waals surface area contributed by atoms with Crippen molar-refractivity contribution in [2.45, 2.75) is 13.3 Å². The molecule has 0 bridgehead atoms. The van der Waals surface area contributed by atoms with Crippen LogP contribution in [0, 0.1) is 0 Å². The van der Waals surface area contributed by atoms with Crippen molar-refractivity contribution in [3.63, 3.8) is 0 Å². The minimum atomic E-state index is -0.206. The van der Waals surface area contributed by atoms with Crippen LogP contribution in [-0.4, -0.2) is 55.0 Å². The summed E-state index contributed by atoms with van der Waals surface area (Å²) in [5.74, 6) is 0.898. The lowest BCUT2D eigenvalue weighted by molar-refractivity contribution is -0.130. The number of amides is 2. The van der Waals surface area contributed by atoms with E-state index in [0.29, 0.717) is 36.9 Å². The van der Waals surface area contributed by atoms with Gasteiger partial charge in [0.05, 0.1) is 0 Å². The average molecular weight is 369 g/mol. The van der Waals surface area contributed by atoms with Gasteiger partial charge in [0.1, 0.15) is 19.8 Å². The summed E-state index contributed by atoms with van der Waals surface area (Å²) < 4.78 is 11.1. The third-order valence-electron chi connectivity index (χ3n) is 4.42. The Hall–Kier alpha value is -3.09. The Balaban J connectivity index is 1.65. The number of hydrogen-bond acceptors (Lipinski definition) is 5. The topological polar surface area (TPSA) is 72.0 Å². The van der Waals surface area contributed by atoms with Crippen molar-refractivity contribution < 1.29 is 19.1 Å². The molecule has 1 aliphatic rings. The maximum Gasteiger partial charge on any atom is 0.242 e. The number of benzene rings is 1. The van der Waals surface area contributed by atoms with Crippen LogP contribution in [-0.2, 0) is 16.0 Å². The van der Waals surface area contributed by atoms with E-state index < -0.39 is 0 Å². The first-order chi connectivity index (χ1) is 13.0. The van der Waals surface area contributed by atoms with Gasteiger partial charge in [-0.25, -0.2) is 0 Å². The van der Waals surface area contributed by atoms with E-state index in [1.807, 2.05) is 12.1 Å². The number of carbonyl (C=O) groups is 2. The highest BCUT2D eigenvalue weighted by Gasteiger charge is 2.21. The molecule has 0 atom stereocenters. The monoisotopic (exact) mass is 369 g/mol. The summed E-state index contributed by atoms with van der Waals surface area (Å²) in [6, 6.07) is 9.11.